The molecule has 1 aliphatic rings. The third-order valence-electron chi connectivity index (χ3n) is 4.80. The lowest BCUT2D eigenvalue weighted by molar-refractivity contribution is -0.145. The zero-order chi connectivity index (χ0) is 21.1. The van der Waals surface area contributed by atoms with Gasteiger partial charge in [0.25, 0.3) is 11.7 Å². The van der Waals surface area contributed by atoms with Crippen molar-refractivity contribution in [1.29, 1.82) is 0 Å². The summed E-state index contributed by atoms with van der Waals surface area (Å²) >= 11 is 0.367. The second-order valence-electron chi connectivity index (χ2n) is 6.51. The summed E-state index contributed by atoms with van der Waals surface area (Å²) in [7, 11) is 1.20. The molecule has 0 unspecified atom stereocenters. The summed E-state index contributed by atoms with van der Waals surface area (Å²) in [4.78, 5) is 26.7. The molecular formula is C20H17F4NO3S. The molecule has 1 aliphatic heterocycles. The largest absolute Gasteiger partial charge is 0.469 e. The van der Waals surface area contributed by atoms with Crippen LogP contribution in [-0.2, 0) is 9.53 Å². The van der Waals surface area contributed by atoms with Crippen LogP contribution in [0.15, 0.2) is 47.4 Å². The number of esters is 1. The van der Waals surface area contributed by atoms with Crippen LogP contribution in [0.1, 0.15) is 21.8 Å². The van der Waals surface area contributed by atoms with Crippen LogP contribution in [0.25, 0.3) is 0 Å². The molecule has 154 valence electrons. The Morgan fingerprint density at radius 1 is 1.10 bits per heavy atom. The lowest BCUT2D eigenvalue weighted by Gasteiger charge is -2.17. The van der Waals surface area contributed by atoms with Crippen molar-refractivity contribution in [2.75, 3.05) is 20.2 Å². The van der Waals surface area contributed by atoms with Gasteiger partial charge in [0.1, 0.15) is 11.6 Å². The SMILES string of the molecule is COC(=O)[C@H]1CN(C(=O)c2ccc(SC(F)F)cc2)C[C@@H]1c1ccc(F)cc1F. The molecule has 9 heteroatoms. The molecule has 0 aliphatic carbocycles. The van der Waals surface area contributed by atoms with Gasteiger partial charge >= 0.3 is 5.97 Å². The van der Waals surface area contributed by atoms with Crippen LogP contribution in [0, 0.1) is 17.6 Å². The lowest BCUT2D eigenvalue weighted by atomic mass is 9.88. The van der Waals surface area contributed by atoms with Gasteiger partial charge in [-0.15, -0.1) is 0 Å². The molecule has 2 atom stereocenters. The van der Waals surface area contributed by atoms with Crippen LogP contribution in [0.5, 0.6) is 0 Å². The number of thioether (sulfide) groups is 1. The van der Waals surface area contributed by atoms with Gasteiger partial charge in [-0.1, -0.05) is 17.8 Å². The number of methoxy groups -OCH3 is 1. The number of hydrogen-bond donors (Lipinski definition) is 0. The number of ether oxygens (including phenoxy) is 1. The molecule has 0 spiro atoms. The first-order valence-electron chi connectivity index (χ1n) is 8.67. The smallest absolute Gasteiger partial charge is 0.311 e. The summed E-state index contributed by atoms with van der Waals surface area (Å²) in [5, 5.41) is 0. The van der Waals surface area contributed by atoms with Gasteiger partial charge < -0.3 is 9.64 Å². The molecule has 2 aromatic carbocycles. The second-order valence-corrected chi connectivity index (χ2v) is 7.58. The van der Waals surface area contributed by atoms with Crippen LogP contribution in [0.4, 0.5) is 17.6 Å². The molecule has 1 heterocycles. The van der Waals surface area contributed by atoms with E-state index in [1.807, 2.05) is 0 Å². The molecule has 29 heavy (non-hydrogen) atoms. The average molecular weight is 427 g/mol. The summed E-state index contributed by atoms with van der Waals surface area (Å²) in [6.07, 6.45) is 0. The fourth-order valence-electron chi connectivity index (χ4n) is 3.44. The van der Waals surface area contributed by atoms with Gasteiger partial charge in [-0.25, -0.2) is 8.78 Å². The number of alkyl halides is 2. The Bertz CT molecular complexity index is 907. The van der Waals surface area contributed by atoms with E-state index in [2.05, 4.69) is 0 Å². The van der Waals surface area contributed by atoms with Crippen molar-refractivity contribution in [2.45, 2.75) is 16.6 Å². The maximum atomic E-state index is 14.3. The normalized spacial score (nSPS) is 18.9. The Morgan fingerprint density at radius 3 is 2.38 bits per heavy atom. The van der Waals surface area contributed by atoms with Crippen molar-refractivity contribution >= 4 is 23.6 Å². The van der Waals surface area contributed by atoms with Crippen LogP contribution in [0.3, 0.4) is 0 Å². The number of carbonyl (C=O) groups is 2. The minimum Gasteiger partial charge on any atom is -0.469 e. The molecule has 0 radical (unpaired) electrons. The summed E-state index contributed by atoms with van der Waals surface area (Å²) in [6.45, 7) is 0.0369. The number of likely N-dealkylation sites (tertiary alicyclic amines) is 1. The highest BCUT2D eigenvalue weighted by molar-refractivity contribution is 7.99. The van der Waals surface area contributed by atoms with Crippen molar-refractivity contribution in [2.24, 2.45) is 5.92 Å². The Labute approximate surface area is 168 Å². The van der Waals surface area contributed by atoms with E-state index < -0.39 is 41.1 Å². The highest BCUT2D eigenvalue weighted by Crippen LogP contribution is 2.36. The maximum absolute atomic E-state index is 14.3. The monoisotopic (exact) mass is 427 g/mol. The minimum atomic E-state index is -2.57. The van der Waals surface area contributed by atoms with E-state index in [4.69, 9.17) is 4.74 Å². The second kappa shape index (κ2) is 8.86. The zero-order valence-electron chi connectivity index (χ0n) is 15.3. The van der Waals surface area contributed by atoms with Crippen molar-refractivity contribution < 1.29 is 31.9 Å². The van der Waals surface area contributed by atoms with Gasteiger partial charge in [0, 0.05) is 35.5 Å². The van der Waals surface area contributed by atoms with Gasteiger partial charge in [-0.05, 0) is 35.9 Å². The van der Waals surface area contributed by atoms with Gasteiger partial charge in [0.2, 0.25) is 0 Å². The molecule has 0 saturated carbocycles. The number of amides is 1. The summed E-state index contributed by atoms with van der Waals surface area (Å²) in [6, 6.07) is 8.75. The van der Waals surface area contributed by atoms with Crippen LogP contribution in [0.2, 0.25) is 0 Å². The number of rotatable bonds is 5. The predicted octanol–water partition coefficient (Wildman–Crippen LogP) is 4.31. The molecule has 1 fully saturated rings. The highest BCUT2D eigenvalue weighted by Gasteiger charge is 2.42. The van der Waals surface area contributed by atoms with Crippen LogP contribution < -0.4 is 0 Å². The van der Waals surface area contributed by atoms with E-state index >= 15 is 0 Å². The molecule has 2 aromatic rings. The molecule has 0 bridgehead atoms. The molecular weight excluding hydrogens is 410 g/mol. The van der Waals surface area contributed by atoms with E-state index in [9.17, 15) is 27.2 Å². The first-order chi connectivity index (χ1) is 13.8. The van der Waals surface area contributed by atoms with E-state index in [1.54, 1.807) is 0 Å². The van der Waals surface area contributed by atoms with E-state index in [0.29, 0.717) is 16.7 Å². The van der Waals surface area contributed by atoms with Crippen molar-refractivity contribution in [3.8, 4) is 0 Å². The van der Waals surface area contributed by atoms with Crippen LogP contribution >= 0.6 is 11.8 Å². The average Bonchev–Trinajstić information content (AvgIpc) is 3.12. The number of hydrogen-bond acceptors (Lipinski definition) is 4. The van der Waals surface area contributed by atoms with E-state index in [1.165, 1.54) is 42.3 Å². The first-order valence-corrected chi connectivity index (χ1v) is 9.55. The molecule has 1 amide bonds. The Hall–Kier alpha value is -2.55. The number of halogens is 4. The van der Waals surface area contributed by atoms with Crippen molar-refractivity contribution in [3.63, 3.8) is 0 Å². The van der Waals surface area contributed by atoms with Gasteiger partial charge in [-0.3, -0.25) is 9.59 Å². The predicted molar refractivity (Wildman–Crippen MR) is 98.8 cm³/mol. The lowest BCUT2D eigenvalue weighted by Crippen LogP contribution is -2.30. The Morgan fingerprint density at radius 2 is 1.79 bits per heavy atom. The third kappa shape index (κ3) is 4.72. The topological polar surface area (TPSA) is 46.6 Å². The van der Waals surface area contributed by atoms with Gasteiger partial charge in [-0.2, -0.15) is 8.78 Å². The highest BCUT2D eigenvalue weighted by atomic mass is 32.2. The molecule has 0 aromatic heterocycles. The van der Waals surface area contributed by atoms with Crippen molar-refractivity contribution in [3.05, 3.63) is 65.2 Å². The molecule has 0 N–H and O–H groups in total. The Balaban J connectivity index is 1.83. The van der Waals surface area contributed by atoms with Gasteiger partial charge in [0.15, 0.2) is 0 Å². The zero-order valence-corrected chi connectivity index (χ0v) is 16.1. The standard InChI is InChI=1S/C20H17F4NO3S/c1-28-19(27)16-10-25(9-15(16)14-7-4-12(21)8-17(14)22)18(26)11-2-5-13(6-3-11)29-20(23)24/h2-8,15-16,20H,9-10H2,1H3/t15-,16+/m1/s1. The molecule has 1 saturated heterocycles. The fraction of sp³-hybridized carbons (Fsp3) is 0.300. The third-order valence-corrected chi connectivity index (χ3v) is 5.52. The van der Waals surface area contributed by atoms with Gasteiger partial charge in [0.05, 0.1) is 13.0 Å². The summed E-state index contributed by atoms with van der Waals surface area (Å²) in [5.74, 6) is -6.63. The number of nitrogens with zero attached hydrogens (tertiary/aromatic N) is 1. The number of carbonyl (C=O) groups excluding carboxylic acids is 2. The summed E-state index contributed by atoms with van der Waals surface area (Å²) in [5.41, 5.74) is 0.383. The van der Waals surface area contributed by atoms with Crippen LogP contribution in [-0.4, -0.2) is 42.7 Å². The Kier molecular flexibility index (Phi) is 6.46. The van der Waals surface area contributed by atoms with E-state index in [0.717, 1.165) is 12.1 Å². The molecule has 4 nitrogen and oxygen atoms in total. The first kappa shape index (κ1) is 21.2. The summed E-state index contributed by atoms with van der Waals surface area (Å²) < 4.78 is 57.2. The quantitative estimate of drug-likeness (QED) is 0.405. The van der Waals surface area contributed by atoms with Crippen molar-refractivity contribution in [1.82, 2.24) is 4.90 Å². The fourth-order valence-corrected chi connectivity index (χ4v) is 3.94. The van der Waals surface area contributed by atoms with E-state index in [-0.39, 0.29) is 24.2 Å². The molecule has 3 rings (SSSR count). The minimum absolute atomic E-state index is 0.000521. The maximum Gasteiger partial charge on any atom is 0.311 e. The number of benzene rings is 2.